The largest absolute Gasteiger partial charge is 0.493 e. The summed E-state index contributed by atoms with van der Waals surface area (Å²) >= 11 is 0. The van der Waals surface area contributed by atoms with E-state index in [1.165, 1.54) is 34.4 Å². The van der Waals surface area contributed by atoms with Crippen LogP contribution in [0.1, 0.15) is 43.4 Å². The second-order valence-electron chi connectivity index (χ2n) is 8.97. The number of halogens is 1. The van der Waals surface area contributed by atoms with E-state index in [1.807, 2.05) is 12.1 Å². The Morgan fingerprint density at radius 1 is 1.17 bits per heavy atom. The Labute approximate surface area is 179 Å². The number of aliphatic hydroxyl groups is 1. The minimum atomic E-state index is -0.192. The molecule has 1 N–H and O–H groups in total. The monoisotopic (exact) mass is 409 g/mol. The number of hydrogen-bond acceptors (Lipinski definition) is 3. The number of hydrogen-bond donors (Lipinski definition) is 1. The molecule has 0 radical (unpaired) electrons. The van der Waals surface area contributed by atoms with E-state index in [0.29, 0.717) is 12.5 Å². The van der Waals surface area contributed by atoms with Crippen LogP contribution in [0.3, 0.4) is 0 Å². The Hall–Kier alpha value is -2.17. The summed E-state index contributed by atoms with van der Waals surface area (Å²) in [6.07, 6.45) is 3.73. The molecule has 1 heterocycles. The fraction of sp³-hybridized carbons (Fsp3) is 0.462. The minimum absolute atomic E-state index is 0.160. The Bertz CT molecular complexity index is 906. The van der Waals surface area contributed by atoms with Crippen LogP contribution in [0.5, 0.6) is 5.75 Å². The lowest BCUT2D eigenvalue weighted by Gasteiger charge is -2.25. The zero-order valence-corrected chi connectivity index (χ0v) is 18.0. The predicted molar refractivity (Wildman–Crippen MR) is 119 cm³/mol. The number of aliphatic hydroxyl groups excluding tert-OH is 1. The molecule has 4 heteroatoms. The normalized spacial score (nSPS) is 20.3. The van der Waals surface area contributed by atoms with Crippen molar-refractivity contribution in [2.45, 2.75) is 45.6 Å². The molecule has 3 nitrogen and oxygen atoms in total. The molecule has 1 fully saturated rings. The number of β-amino-alcohol motifs (C(OH)–C–C–N with tert-alkyl or cyclic N) is 1. The molecule has 160 valence electrons. The molecule has 4 rings (SSSR count). The molecular weight excluding hydrogens is 377 g/mol. The highest BCUT2D eigenvalue weighted by atomic mass is 19.1. The van der Waals surface area contributed by atoms with Gasteiger partial charge in [-0.15, -0.1) is 0 Å². The maximum Gasteiger partial charge on any atom is 0.123 e. The van der Waals surface area contributed by atoms with Crippen LogP contribution in [0.25, 0.3) is 5.57 Å². The van der Waals surface area contributed by atoms with E-state index in [-0.39, 0.29) is 11.9 Å². The molecule has 30 heavy (non-hydrogen) atoms. The van der Waals surface area contributed by atoms with Gasteiger partial charge in [-0.25, -0.2) is 4.39 Å². The highest BCUT2D eigenvalue weighted by molar-refractivity contribution is 5.72. The molecule has 1 aliphatic carbocycles. The zero-order chi connectivity index (χ0) is 21.1. The van der Waals surface area contributed by atoms with Crippen LogP contribution in [-0.4, -0.2) is 42.4 Å². The molecule has 0 unspecified atom stereocenters. The van der Waals surface area contributed by atoms with E-state index in [2.05, 4.69) is 36.9 Å². The van der Waals surface area contributed by atoms with Gasteiger partial charge in [-0.3, -0.25) is 4.90 Å². The SMILES string of the molecule is CC1=C(CN2CC[C@@H](O)C2)CCc2cc(OC[C@@H](C)Cc3ccc(F)cc3)ccc21. The highest BCUT2D eigenvalue weighted by Crippen LogP contribution is 2.34. The topological polar surface area (TPSA) is 32.7 Å². The third-order valence-corrected chi connectivity index (χ3v) is 6.40. The maximum atomic E-state index is 13.1. The number of likely N-dealkylation sites (tertiary alicyclic amines) is 1. The van der Waals surface area contributed by atoms with Crippen molar-refractivity contribution in [1.82, 2.24) is 4.90 Å². The van der Waals surface area contributed by atoms with Crippen LogP contribution in [-0.2, 0) is 12.8 Å². The molecule has 1 saturated heterocycles. The second kappa shape index (κ2) is 9.32. The van der Waals surface area contributed by atoms with Crippen LogP contribution in [0.2, 0.25) is 0 Å². The molecule has 0 aromatic heterocycles. The Balaban J connectivity index is 1.35. The fourth-order valence-corrected chi connectivity index (χ4v) is 4.64. The van der Waals surface area contributed by atoms with Gasteiger partial charge in [-0.05, 0) is 85.1 Å². The van der Waals surface area contributed by atoms with E-state index < -0.39 is 0 Å². The molecular formula is C26H32FNO2. The average Bonchev–Trinajstić information content (AvgIpc) is 3.15. The standard InChI is InChI=1S/C26H32FNO2/c1-18(13-20-3-7-23(27)8-4-20)17-30-25-9-10-26-19(2)22(6-5-21(26)14-25)15-28-12-11-24(29)16-28/h3-4,7-10,14,18,24,29H,5-6,11-13,15-17H2,1-2H3/t18-,24+/m0/s1. The summed E-state index contributed by atoms with van der Waals surface area (Å²) in [6, 6.07) is 13.2. The molecule has 0 bridgehead atoms. The van der Waals surface area contributed by atoms with Gasteiger partial charge in [0.05, 0.1) is 12.7 Å². The third kappa shape index (κ3) is 5.11. The second-order valence-corrected chi connectivity index (χ2v) is 8.97. The van der Waals surface area contributed by atoms with Gasteiger partial charge >= 0.3 is 0 Å². The van der Waals surface area contributed by atoms with E-state index in [4.69, 9.17) is 4.74 Å². The average molecular weight is 410 g/mol. The van der Waals surface area contributed by atoms with Crippen molar-refractivity contribution in [1.29, 1.82) is 0 Å². The summed E-state index contributed by atoms with van der Waals surface area (Å²) in [5.74, 6) is 1.09. The first-order valence-corrected chi connectivity index (χ1v) is 11.1. The first kappa shape index (κ1) is 21.1. The fourth-order valence-electron chi connectivity index (χ4n) is 4.64. The zero-order valence-electron chi connectivity index (χ0n) is 18.0. The smallest absolute Gasteiger partial charge is 0.123 e. The van der Waals surface area contributed by atoms with E-state index >= 15 is 0 Å². The Morgan fingerprint density at radius 2 is 1.97 bits per heavy atom. The lowest BCUT2D eigenvalue weighted by molar-refractivity contribution is 0.179. The number of nitrogens with zero attached hydrogens (tertiary/aromatic N) is 1. The lowest BCUT2D eigenvalue weighted by Crippen LogP contribution is -2.26. The maximum absolute atomic E-state index is 13.1. The van der Waals surface area contributed by atoms with Crippen LogP contribution in [0.15, 0.2) is 48.0 Å². The van der Waals surface area contributed by atoms with Gasteiger partial charge in [-0.1, -0.05) is 30.7 Å². The Kier molecular flexibility index (Phi) is 6.55. The van der Waals surface area contributed by atoms with Crippen molar-refractivity contribution < 1.29 is 14.2 Å². The summed E-state index contributed by atoms with van der Waals surface area (Å²) in [5.41, 5.74) is 6.72. The number of ether oxygens (including phenoxy) is 1. The van der Waals surface area contributed by atoms with Crippen LogP contribution < -0.4 is 4.74 Å². The van der Waals surface area contributed by atoms with E-state index in [1.54, 1.807) is 0 Å². The van der Waals surface area contributed by atoms with E-state index in [0.717, 1.165) is 56.6 Å². The number of fused-ring (bicyclic) bond motifs is 1. The number of benzene rings is 2. The first-order chi connectivity index (χ1) is 14.5. The number of aryl methyl sites for hydroxylation is 1. The Morgan fingerprint density at radius 3 is 2.70 bits per heavy atom. The quantitative estimate of drug-likeness (QED) is 0.708. The van der Waals surface area contributed by atoms with E-state index in [9.17, 15) is 9.50 Å². The summed E-state index contributed by atoms with van der Waals surface area (Å²) < 4.78 is 19.1. The molecule has 2 aromatic carbocycles. The van der Waals surface area contributed by atoms with Gasteiger partial charge in [0.15, 0.2) is 0 Å². The van der Waals surface area contributed by atoms with Crippen molar-refractivity contribution in [2.75, 3.05) is 26.2 Å². The molecule has 2 aliphatic rings. The summed E-state index contributed by atoms with van der Waals surface area (Å²) in [4.78, 5) is 2.37. The van der Waals surface area contributed by atoms with Gasteiger partial charge in [0.1, 0.15) is 11.6 Å². The molecule has 0 spiro atoms. The third-order valence-electron chi connectivity index (χ3n) is 6.40. The summed E-state index contributed by atoms with van der Waals surface area (Å²) in [7, 11) is 0. The molecule has 2 aromatic rings. The van der Waals surface area contributed by atoms with Crippen molar-refractivity contribution in [3.05, 3.63) is 70.5 Å². The van der Waals surface area contributed by atoms with Crippen molar-refractivity contribution in [3.63, 3.8) is 0 Å². The van der Waals surface area contributed by atoms with Gasteiger partial charge in [0.25, 0.3) is 0 Å². The van der Waals surface area contributed by atoms with Crippen molar-refractivity contribution in [2.24, 2.45) is 5.92 Å². The minimum Gasteiger partial charge on any atom is -0.493 e. The van der Waals surface area contributed by atoms with Gasteiger partial charge < -0.3 is 9.84 Å². The highest BCUT2D eigenvalue weighted by Gasteiger charge is 2.23. The van der Waals surface area contributed by atoms with Gasteiger partial charge in [-0.2, -0.15) is 0 Å². The van der Waals surface area contributed by atoms with Gasteiger partial charge in [0.2, 0.25) is 0 Å². The van der Waals surface area contributed by atoms with Crippen LogP contribution >= 0.6 is 0 Å². The number of rotatable bonds is 7. The molecule has 2 atom stereocenters. The number of allylic oxidation sites excluding steroid dienone is 1. The van der Waals surface area contributed by atoms with Crippen molar-refractivity contribution in [3.8, 4) is 5.75 Å². The molecule has 1 aliphatic heterocycles. The molecule has 0 saturated carbocycles. The lowest BCUT2D eigenvalue weighted by atomic mass is 9.86. The summed E-state index contributed by atoms with van der Waals surface area (Å²) in [5, 5.41) is 9.78. The summed E-state index contributed by atoms with van der Waals surface area (Å²) in [6.45, 7) is 7.80. The predicted octanol–water partition coefficient (Wildman–Crippen LogP) is 4.87. The van der Waals surface area contributed by atoms with Crippen molar-refractivity contribution >= 4 is 5.57 Å². The van der Waals surface area contributed by atoms with Crippen LogP contribution in [0.4, 0.5) is 4.39 Å². The first-order valence-electron chi connectivity index (χ1n) is 11.1. The molecule has 0 amide bonds. The van der Waals surface area contributed by atoms with Gasteiger partial charge in [0, 0.05) is 19.6 Å². The van der Waals surface area contributed by atoms with Crippen LogP contribution in [0, 0.1) is 11.7 Å².